The lowest BCUT2D eigenvalue weighted by Crippen LogP contribution is -2.53. The summed E-state index contributed by atoms with van der Waals surface area (Å²) in [5.74, 6) is -3.21. The van der Waals surface area contributed by atoms with Crippen LogP contribution in [0.3, 0.4) is 0 Å². The number of ether oxygens (including phenoxy) is 2. The molecule has 4 saturated heterocycles. The number of benzene rings is 2. The van der Waals surface area contributed by atoms with Crippen LogP contribution in [0.2, 0.25) is 10.0 Å². The van der Waals surface area contributed by atoms with Gasteiger partial charge in [0.1, 0.15) is 23.7 Å². The Morgan fingerprint density at radius 2 is 1.16 bits per heavy atom. The topological polar surface area (TPSA) is 252 Å². The predicted molar refractivity (Wildman–Crippen MR) is 321 cm³/mol. The molecule has 4 amide bonds. The molecule has 4 N–H and O–H groups in total. The Bertz CT molecular complexity index is 3300. The van der Waals surface area contributed by atoms with Crippen LogP contribution in [0.25, 0.3) is 0 Å². The van der Waals surface area contributed by atoms with Gasteiger partial charge in [0.15, 0.2) is 21.7 Å². The maximum absolute atomic E-state index is 14.6. The third-order valence-corrected chi connectivity index (χ3v) is 17.9. The van der Waals surface area contributed by atoms with Gasteiger partial charge >= 0.3 is 35.9 Å². The third-order valence-electron chi connectivity index (χ3n) is 15.0. The monoisotopic (exact) mass is 1320 g/mol. The molecule has 0 unspecified atom stereocenters. The number of halogens is 5. The van der Waals surface area contributed by atoms with Gasteiger partial charge < -0.3 is 49.9 Å². The molecule has 10 rings (SSSR count). The highest BCUT2D eigenvalue weighted by Gasteiger charge is 2.46. The van der Waals surface area contributed by atoms with Gasteiger partial charge in [-0.15, -0.1) is 22.7 Å². The van der Waals surface area contributed by atoms with Gasteiger partial charge in [-0.1, -0.05) is 63.4 Å². The van der Waals surface area contributed by atoms with Crippen LogP contribution in [0.5, 0.6) is 0 Å². The molecule has 0 radical (unpaired) electrons. The number of carboxylic acids is 2. The largest absolute Gasteiger partial charge is 0.481 e. The molecular weight excluding hydrogens is 1250 g/mol. The van der Waals surface area contributed by atoms with Crippen molar-refractivity contribution in [3.05, 3.63) is 125 Å². The van der Waals surface area contributed by atoms with E-state index >= 15 is 0 Å². The molecule has 2 aromatic heterocycles. The number of urea groups is 2. The molecule has 4 atom stereocenters. The van der Waals surface area contributed by atoms with Gasteiger partial charge in [0.2, 0.25) is 0 Å². The first-order valence-corrected chi connectivity index (χ1v) is 31.2. The minimum absolute atomic E-state index is 0.0176. The molecule has 6 aliphatic heterocycles. The number of carbonyl (C=O) groups is 6. The Morgan fingerprint density at radius 1 is 0.694 bits per heavy atom. The Labute approximate surface area is 516 Å². The standard InChI is InChI=1S/C28H32ClFN6O5S.C17H14BrClFN3O2S.C12H20N2O3/c1-4-41-25(37)20-19(14-34-9-10-36-16(12-34)13-35(27(36)40)15-28(2,3)26(38)39)32-23(24-31-8-11-42-24)33-22(20)17-6-5-7-18(30)21(17)29;1-2-25-17(24)12-11(8-18)22-15(16-21-6-7-26-16)23-14(12)9-4-3-5-10(20)13(9)19;1-12(2,10(15)16)8-13-7-9-5-3-4-6-14(9)11(13)17/h5-8,11,16,22H,4,9-10,12-15H2,1-3H3,(H,32,33)(H,38,39);3-7,14H,2,8H2,1H3,(H,22,23);9H,3-8H2,1-2H3,(H,15,16)/t16-,22-;14-;9-/m000/s1. The minimum atomic E-state index is -1.08. The number of piperidine rings is 1. The smallest absolute Gasteiger partial charge is 0.338 e. The van der Waals surface area contributed by atoms with Crippen molar-refractivity contribution in [1.82, 2.24) is 45.1 Å². The van der Waals surface area contributed by atoms with Gasteiger partial charge in [0, 0.05) is 110 Å². The van der Waals surface area contributed by atoms with E-state index in [2.05, 4.69) is 46.4 Å². The fourth-order valence-corrected chi connectivity index (χ4v) is 12.7. The molecular formula is C57H66BrCl2F2N11O10S2. The van der Waals surface area contributed by atoms with Gasteiger partial charge in [-0.3, -0.25) is 24.5 Å². The zero-order valence-corrected chi connectivity index (χ0v) is 52.3. The zero-order chi connectivity index (χ0) is 61.5. The highest BCUT2D eigenvalue weighted by atomic mass is 79.9. The first kappa shape index (κ1) is 64.4. The minimum Gasteiger partial charge on any atom is -0.481 e. The van der Waals surface area contributed by atoms with Crippen LogP contribution < -0.4 is 10.6 Å². The SMILES string of the molecule is CC(C)(CN1C[C@@H]2CCCCN2C1=O)C(=O)O.CCOC(=O)C1=C(CBr)NC(c2nccs2)=N[C@H]1c1cccc(F)c1Cl.CCOC(=O)C1=C(CN2CCN3C(=O)N(CC(C)(C)C(=O)O)C[C@@H]3C2)NC(c2nccs2)=N[C@H]1c1cccc(F)c1Cl. The van der Waals surface area contributed by atoms with Gasteiger partial charge in [0.05, 0.1) is 57.3 Å². The van der Waals surface area contributed by atoms with Crippen LogP contribution in [-0.4, -0.2) is 182 Å². The van der Waals surface area contributed by atoms with Crippen molar-refractivity contribution >= 4 is 109 Å². The number of hydrogen-bond donors (Lipinski definition) is 4. The molecule has 0 saturated carbocycles. The summed E-state index contributed by atoms with van der Waals surface area (Å²) in [7, 11) is 0. The van der Waals surface area contributed by atoms with Gasteiger partial charge in [-0.2, -0.15) is 0 Å². The number of aliphatic carboxylic acids is 2. The lowest BCUT2D eigenvalue weighted by molar-refractivity contribution is -0.148. The number of thiazole rings is 2. The number of piperazine rings is 1. The normalized spacial score (nSPS) is 20.7. The molecule has 4 aromatic rings. The number of aromatic nitrogens is 2. The van der Waals surface area contributed by atoms with Crippen LogP contribution in [0.1, 0.15) is 94.0 Å². The van der Waals surface area contributed by atoms with E-state index in [-0.39, 0.29) is 59.1 Å². The highest BCUT2D eigenvalue weighted by molar-refractivity contribution is 9.09. The summed E-state index contributed by atoms with van der Waals surface area (Å²) in [5.41, 5.74) is 0.392. The second-order valence-corrected chi connectivity index (χ2v) is 25.1. The van der Waals surface area contributed by atoms with Crippen LogP contribution in [0, 0.1) is 22.5 Å². The summed E-state index contributed by atoms with van der Waals surface area (Å²) < 4.78 is 39.2. The number of carboxylic acid groups (broad SMARTS) is 2. The number of fused-ring (bicyclic) bond motifs is 2. The molecule has 85 heavy (non-hydrogen) atoms. The fourth-order valence-electron chi connectivity index (χ4n) is 10.7. The Balaban J connectivity index is 0.000000185. The van der Waals surface area contributed by atoms with Crippen molar-refractivity contribution < 1.29 is 57.2 Å². The number of rotatable bonds is 17. The number of nitrogens with zero attached hydrogens (tertiary/aromatic N) is 9. The molecule has 0 aliphatic carbocycles. The summed E-state index contributed by atoms with van der Waals surface area (Å²) in [6.45, 7) is 14.4. The van der Waals surface area contributed by atoms with Crippen LogP contribution >= 0.6 is 61.8 Å². The number of carbonyl (C=O) groups excluding carboxylic acids is 4. The van der Waals surface area contributed by atoms with E-state index in [1.807, 2.05) is 15.7 Å². The van der Waals surface area contributed by atoms with Crippen molar-refractivity contribution in [2.24, 2.45) is 20.8 Å². The van der Waals surface area contributed by atoms with Gasteiger partial charge in [-0.25, -0.2) is 37.9 Å². The van der Waals surface area contributed by atoms with Crippen molar-refractivity contribution in [3.63, 3.8) is 0 Å². The van der Waals surface area contributed by atoms with Crippen LogP contribution in [0.15, 0.2) is 92.1 Å². The zero-order valence-electron chi connectivity index (χ0n) is 47.6. The summed E-state index contributed by atoms with van der Waals surface area (Å²) in [6, 6.07) is 7.11. The van der Waals surface area contributed by atoms with Crippen molar-refractivity contribution in [2.75, 3.05) is 77.4 Å². The average molecular weight is 1320 g/mol. The van der Waals surface area contributed by atoms with E-state index in [9.17, 15) is 42.7 Å². The maximum atomic E-state index is 14.6. The number of aliphatic imine (C=N–C) groups is 2. The number of alkyl halides is 1. The van der Waals surface area contributed by atoms with E-state index in [0.717, 1.165) is 19.4 Å². The van der Waals surface area contributed by atoms with Crippen LogP contribution in [-0.2, 0) is 28.7 Å². The molecule has 28 heteroatoms. The second-order valence-electron chi connectivity index (χ2n) is 22.0. The van der Waals surface area contributed by atoms with Crippen molar-refractivity contribution in [3.8, 4) is 0 Å². The molecule has 0 spiro atoms. The first-order chi connectivity index (χ1) is 40.5. The third kappa shape index (κ3) is 14.6. The van der Waals surface area contributed by atoms with Crippen LogP contribution in [0.4, 0.5) is 18.4 Å². The predicted octanol–water partition coefficient (Wildman–Crippen LogP) is 9.00. The lowest BCUT2D eigenvalue weighted by atomic mass is 9.93. The number of allylic oxidation sites excluding steroid dienone is 1. The summed E-state index contributed by atoms with van der Waals surface area (Å²) >= 11 is 18.7. The summed E-state index contributed by atoms with van der Waals surface area (Å²) in [4.78, 5) is 101. The van der Waals surface area contributed by atoms with E-state index < -0.39 is 58.4 Å². The summed E-state index contributed by atoms with van der Waals surface area (Å²) in [5, 5.41) is 30.1. The summed E-state index contributed by atoms with van der Waals surface area (Å²) in [6.07, 6.45) is 6.60. The maximum Gasteiger partial charge on any atom is 0.338 e. The van der Waals surface area contributed by atoms with Gasteiger partial charge in [-0.05, 0) is 72.9 Å². The first-order valence-electron chi connectivity index (χ1n) is 27.5. The van der Waals surface area contributed by atoms with Crippen molar-refractivity contribution in [1.29, 1.82) is 0 Å². The Kier molecular flexibility index (Phi) is 21.1. The number of nitrogens with one attached hydrogen (secondary N) is 2. The molecule has 4 fully saturated rings. The highest BCUT2D eigenvalue weighted by Crippen LogP contribution is 2.40. The molecule has 2 aromatic carbocycles. The quantitative estimate of drug-likeness (QED) is 0.0568. The van der Waals surface area contributed by atoms with E-state index in [1.54, 1.807) is 80.8 Å². The Morgan fingerprint density at radius 3 is 1.61 bits per heavy atom. The lowest BCUT2D eigenvalue weighted by Gasteiger charge is -2.38. The van der Waals surface area contributed by atoms with E-state index in [1.165, 1.54) is 53.4 Å². The van der Waals surface area contributed by atoms with E-state index in [0.29, 0.717) is 101 Å². The average Bonchev–Trinajstić information content (AvgIpc) is 1.70. The number of hydrogen-bond acceptors (Lipinski definition) is 17. The Hall–Kier alpha value is -6.58. The molecule has 6 aliphatic rings. The molecule has 0 bridgehead atoms. The molecule has 456 valence electrons. The molecule has 21 nitrogen and oxygen atoms in total. The fraction of sp³-hybridized carbons (Fsp3) is 0.474. The number of amidine groups is 2. The van der Waals surface area contributed by atoms with Crippen molar-refractivity contribution in [2.45, 2.75) is 85.0 Å². The number of amides is 4. The van der Waals surface area contributed by atoms with Gasteiger partial charge in [0.25, 0.3) is 0 Å². The number of esters is 2. The second kappa shape index (κ2) is 27.8. The molecule has 8 heterocycles. The van der Waals surface area contributed by atoms with E-state index in [4.69, 9.17) is 42.8 Å².